The molecule has 2 N–H and O–H groups in total. The molecule has 0 atom stereocenters. The third kappa shape index (κ3) is 6.76. The van der Waals surface area contributed by atoms with Crippen LogP contribution < -0.4 is 20.2 Å². The highest BCUT2D eigenvalue weighted by atomic mass is 79.9. The van der Waals surface area contributed by atoms with E-state index < -0.39 is 0 Å². The van der Waals surface area contributed by atoms with Crippen LogP contribution in [0.3, 0.4) is 0 Å². The topological polar surface area (TPSA) is 89.0 Å². The summed E-state index contributed by atoms with van der Waals surface area (Å²) in [5, 5.41) is 7.27. The van der Waals surface area contributed by atoms with Crippen LogP contribution in [0, 0.1) is 6.92 Å². The molecular weight excluding hydrogens is 462 g/mol. The van der Waals surface area contributed by atoms with Crippen molar-refractivity contribution in [2.24, 2.45) is 5.10 Å². The van der Waals surface area contributed by atoms with Gasteiger partial charge in [0.05, 0.1) is 24.9 Å². The van der Waals surface area contributed by atoms with E-state index in [0.717, 1.165) is 10.0 Å². The van der Waals surface area contributed by atoms with Gasteiger partial charge in [0.1, 0.15) is 11.5 Å². The average molecular weight is 483 g/mol. The lowest BCUT2D eigenvalue weighted by molar-refractivity contribution is -0.124. The number of hydrazone groups is 1. The Labute approximate surface area is 182 Å². The lowest BCUT2D eigenvalue weighted by atomic mass is 10.2. The van der Waals surface area contributed by atoms with E-state index in [2.05, 4.69) is 31.8 Å². The maximum Gasteiger partial charge on any atom is 0.240 e. The summed E-state index contributed by atoms with van der Waals surface area (Å²) in [7, 11) is 3.08. The SMILES string of the molecule is COc1cc(OC)c(C=NNC(=O)CCC(=O)Nc2ccc(Cl)cc2C)cc1Br. The van der Waals surface area contributed by atoms with E-state index >= 15 is 0 Å². The van der Waals surface area contributed by atoms with E-state index in [9.17, 15) is 9.59 Å². The quantitative estimate of drug-likeness (QED) is 0.434. The Hall–Kier alpha value is -2.58. The zero-order chi connectivity index (χ0) is 21.4. The summed E-state index contributed by atoms with van der Waals surface area (Å²) >= 11 is 9.28. The molecule has 0 fully saturated rings. The summed E-state index contributed by atoms with van der Waals surface area (Å²) in [6.45, 7) is 1.84. The molecule has 0 radical (unpaired) electrons. The van der Waals surface area contributed by atoms with Gasteiger partial charge in [-0.15, -0.1) is 0 Å². The molecule has 2 aromatic rings. The first-order valence-electron chi connectivity index (χ1n) is 8.63. The summed E-state index contributed by atoms with van der Waals surface area (Å²) in [4.78, 5) is 24.0. The Morgan fingerprint density at radius 2 is 1.79 bits per heavy atom. The van der Waals surface area contributed by atoms with Crippen molar-refractivity contribution in [3.63, 3.8) is 0 Å². The zero-order valence-corrected chi connectivity index (χ0v) is 18.6. The van der Waals surface area contributed by atoms with Crippen LogP contribution in [0.25, 0.3) is 0 Å². The number of hydrogen-bond donors (Lipinski definition) is 2. The standard InChI is InChI=1S/C20H21BrClN3O4/c1-12-8-14(22)4-5-16(12)24-19(26)6-7-20(27)25-23-11-13-9-15(21)18(29-3)10-17(13)28-2/h4-5,8-11H,6-7H2,1-3H3,(H,24,26)(H,25,27). The number of anilines is 1. The van der Waals surface area contributed by atoms with Crippen LogP contribution in [0.15, 0.2) is 39.9 Å². The Bertz CT molecular complexity index is 934. The van der Waals surface area contributed by atoms with Gasteiger partial charge in [-0.3, -0.25) is 9.59 Å². The molecule has 2 rings (SSSR count). The molecule has 154 valence electrons. The van der Waals surface area contributed by atoms with Gasteiger partial charge in [0.25, 0.3) is 0 Å². The average Bonchev–Trinajstić information content (AvgIpc) is 2.68. The van der Waals surface area contributed by atoms with Crippen molar-refractivity contribution >= 4 is 51.2 Å². The number of carbonyl (C=O) groups excluding carboxylic acids is 2. The van der Waals surface area contributed by atoms with Crippen LogP contribution in [0.4, 0.5) is 5.69 Å². The van der Waals surface area contributed by atoms with Crippen LogP contribution in [-0.2, 0) is 9.59 Å². The lowest BCUT2D eigenvalue weighted by Gasteiger charge is -2.09. The molecule has 0 bridgehead atoms. The second-order valence-corrected chi connectivity index (χ2v) is 7.32. The minimum absolute atomic E-state index is 0.000741. The third-order valence-corrected chi connectivity index (χ3v) is 4.79. The van der Waals surface area contributed by atoms with Gasteiger partial charge < -0.3 is 14.8 Å². The molecule has 0 unspecified atom stereocenters. The number of ether oxygens (including phenoxy) is 2. The summed E-state index contributed by atoms with van der Waals surface area (Å²) in [6, 6.07) is 8.63. The fourth-order valence-electron chi connectivity index (χ4n) is 2.42. The van der Waals surface area contributed by atoms with Crippen molar-refractivity contribution < 1.29 is 19.1 Å². The Kier molecular flexibility index (Phi) is 8.48. The molecule has 7 nitrogen and oxygen atoms in total. The number of nitrogens with zero attached hydrogens (tertiary/aromatic N) is 1. The van der Waals surface area contributed by atoms with E-state index in [0.29, 0.717) is 27.8 Å². The molecule has 0 saturated carbocycles. The van der Waals surface area contributed by atoms with E-state index in [1.165, 1.54) is 13.3 Å². The highest BCUT2D eigenvalue weighted by molar-refractivity contribution is 9.10. The number of amides is 2. The Balaban J connectivity index is 1.86. The van der Waals surface area contributed by atoms with E-state index in [1.807, 2.05) is 6.92 Å². The number of hydrogen-bond acceptors (Lipinski definition) is 5. The van der Waals surface area contributed by atoms with Crippen molar-refractivity contribution in [2.75, 3.05) is 19.5 Å². The third-order valence-electron chi connectivity index (χ3n) is 3.94. The molecule has 0 aliphatic carbocycles. The highest BCUT2D eigenvalue weighted by Gasteiger charge is 2.10. The second-order valence-electron chi connectivity index (χ2n) is 6.03. The number of nitrogens with one attached hydrogen (secondary N) is 2. The van der Waals surface area contributed by atoms with Gasteiger partial charge >= 0.3 is 0 Å². The molecular formula is C20H21BrClN3O4. The molecule has 0 aliphatic rings. The fourth-order valence-corrected chi connectivity index (χ4v) is 3.17. The second kappa shape index (κ2) is 10.8. The number of halogens is 2. The molecule has 2 aromatic carbocycles. The van der Waals surface area contributed by atoms with Gasteiger partial charge in [-0.2, -0.15) is 5.10 Å². The van der Waals surface area contributed by atoms with Gasteiger partial charge in [0.2, 0.25) is 11.8 Å². The molecule has 9 heteroatoms. The summed E-state index contributed by atoms with van der Waals surface area (Å²) in [6.07, 6.45) is 1.48. The molecule has 0 spiro atoms. The molecule has 0 aliphatic heterocycles. The largest absolute Gasteiger partial charge is 0.496 e. The van der Waals surface area contributed by atoms with Crippen molar-refractivity contribution in [1.82, 2.24) is 5.43 Å². The number of aryl methyl sites for hydroxylation is 1. The number of rotatable bonds is 8. The van der Waals surface area contributed by atoms with E-state index in [4.69, 9.17) is 21.1 Å². The van der Waals surface area contributed by atoms with Gasteiger partial charge in [0.15, 0.2) is 0 Å². The van der Waals surface area contributed by atoms with Crippen molar-refractivity contribution in [1.29, 1.82) is 0 Å². The normalized spacial score (nSPS) is 10.7. The first kappa shape index (κ1) is 22.7. The van der Waals surface area contributed by atoms with Gasteiger partial charge in [-0.1, -0.05) is 11.6 Å². The molecule has 29 heavy (non-hydrogen) atoms. The van der Waals surface area contributed by atoms with Gasteiger partial charge in [-0.25, -0.2) is 5.43 Å². The van der Waals surface area contributed by atoms with Crippen LogP contribution in [-0.4, -0.2) is 32.2 Å². The first-order valence-corrected chi connectivity index (χ1v) is 9.80. The Morgan fingerprint density at radius 3 is 2.45 bits per heavy atom. The number of benzene rings is 2. The summed E-state index contributed by atoms with van der Waals surface area (Å²) in [5.41, 5.74) is 4.56. The molecule has 0 aromatic heterocycles. The van der Waals surface area contributed by atoms with E-state index in [1.54, 1.807) is 37.4 Å². The van der Waals surface area contributed by atoms with Crippen LogP contribution in [0.5, 0.6) is 11.5 Å². The first-order chi connectivity index (χ1) is 13.8. The van der Waals surface area contributed by atoms with Crippen molar-refractivity contribution in [3.8, 4) is 11.5 Å². The minimum atomic E-state index is -0.379. The summed E-state index contributed by atoms with van der Waals surface area (Å²) in [5.74, 6) is 0.511. The minimum Gasteiger partial charge on any atom is -0.496 e. The predicted octanol–water partition coefficient (Wildman–Crippen LogP) is 4.30. The molecule has 0 heterocycles. The van der Waals surface area contributed by atoms with E-state index in [-0.39, 0.29) is 24.7 Å². The fraction of sp³-hybridized carbons (Fsp3) is 0.250. The van der Waals surface area contributed by atoms with Crippen LogP contribution >= 0.6 is 27.5 Å². The maximum atomic E-state index is 12.0. The van der Waals surface area contributed by atoms with Crippen molar-refractivity contribution in [3.05, 3.63) is 51.0 Å². The number of carbonyl (C=O) groups is 2. The number of methoxy groups -OCH3 is 2. The maximum absolute atomic E-state index is 12.0. The Morgan fingerprint density at radius 1 is 1.10 bits per heavy atom. The van der Waals surface area contributed by atoms with Crippen LogP contribution in [0.1, 0.15) is 24.0 Å². The predicted molar refractivity (Wildman–Crippen MR) is 117 cm³/mol. The molecule has 0 saturated heterocycles. The van der Waals surface area contributed by atoms with Gasteiger partial charge in [0, 0.05) is 35.2 Å². The molecule has 2 amide bonds. The zero-order valence-electron chi connectivity index (χ0n) is 16.2. The van der Waals surface area contributed by atoms with Gasteiger partial charge in [-0.05, 0) is 52.7 Å². The summed E-state index contributed by atoms with van der Waals surface area (Å²) < 4.78 is 11.2. The van der Waals surface area contributed by atoms with Crippen LogP contribution in [0.2, 0.25) is 5.02 Å². The lowest BCUT2D eigenvalue weighted by Crippen LogP contribution is -2.21. The monoisotopic (exact) mass is 481 g/mol. The smallest absolute Gasteiger partial charge is 0.240 e. The van der Waals surface area contributed by atoms with Crippen molar-refractivity contribution in [2.45, 2.75) is 19.8 Å². The highest BCUT2D eigenvalue weighted by Crippen LogP contribution is 2.31.